The van der Waals surface area contributed by atoms with Crippen molar-refractivity contribution >= 4 is 23.4 Å². The molecule has 0 saturated heterocycles. The minimum atomic E-state index is -0.810. The number of carbonyl (C=O) groups excluding carboxylic acids is 2. The van der Waals surface area contributed by atoms with Gasteiger partial charge < -0.3 is 24.4 Å². The SMILES string of the molecule is C=C(COc1cccc(CONC(=O)[C@@H]2c3ccccc3C(=O)N([C@H]3CCCC[C@@H]3NC)[C@H]2c2ccc(Cl)cc2)c1)OC(C)(C)OC. The molecule has 1 aliphatic carbocycles. The summed E-state index contributed by atoms with van der Waals surface area (Å²) in [5.74, 6) is -0.921. The Bertz CT molecular complexity index is 1560. The van der Waals surface area contributed by atoms with Crippen LogP contribution in [-0.2, 0) is 25.7 Å². The van der Waals surface area contributed by atoms with Crippen molar-refractivity contribution in [2.24, 2.45) is 0 Å². The molecule has 5 rings (SSSR count). The van der Waals surface area contributed by atoms with Crippen LogP contribution in [0.1, 0.15) is 78.5 Å². The molecule has 2 aliphatic rings. The summed E-state index contributed by atoms with van der Waals surface area (Å²) < 4.78 is 16.8. The van der Waals surface area contributed by atoms with E-state index >= 15 is 0 Å². The molecule has 250 valence electrons. The van der Waals surface area contributed by atoms with Crippen molar-refractivity contribution in [2.75, 3.05) is 20.8 Å². The fourth-order valence-electron chi connectivity index (χ4n) is 6.56. The van der Waals surface area contributed by atoms with Gasteiger partial charge in [0.25, 0.3) is 11.8 Å². The number of nitrogens with zero attached hydrogens (tertiary/aromatic N) is 1. The van der Waals surface area contributed by atoms with Crippen LogP contribution in [-0.4, -0.2) is 55.3 Å². The van der Waals surface area contributed by atoms with Crippen LogP contribution in [0, 0.1) is 0 Å². The Balaban J connectivity index is 1.36. The van der Waals surface area contributed by atoms with E-state index in [1.54, 1.807) is 33.1 Å². The second-order valence-corrected chi connectivity index (χ2v) is 12.9. The number of nitrogens with one attached hydrogen (secondary N) is 2. The predicted molar refractivity (Wildman–Crippen MR) is 181 cm³/mol. The smallest absolute Gasteiger partial charge is 0.255 e. The second-order valence-electron chi connectivity index (χ2n) is 12.5. The first kappa shape index (κ1) is 34.4. The molecule has 4 atom stereocenters. The third-order valence-corrected chi connectivity index (χ3v) is 9.17. The van der Waals surface area contributed by atoms with Crippen LogP contribution in [0.25, 0.3) is 0 Å². The molecular formula is C37H44ClN3O6. The number of methoxy groups -OCH3 is 1. The van der Waals surface area contributed by atoms with E-state index in [1.165, 1.54) is 0 Å². The normalized spacial score (nSPS) is 21.1. The van der Waals surface area contributed by atoms with Gasteiger partial charge in [-0.2, -0.15) is 0 Å². The Labute approximate surface area is 282 Å². The van der Waals surface area contributed by atoms with Gasteiger partial charge in [0, 0.05) is 43.6 Å². The quantitative estimate of drug-likeness (QED) is 0.120. The molecule has 1 saturated carbocycles. The van der Waals surface area contributed by atoms with Gasteiger partial charge in [-0.15, -0.1) is 0 Å². The van der Waals surface area contributed by atoms with Gasteiger partial charge in [-0.05, 0) is 66.9 Å². The molecule has 0 unspecified atom stereocenters. The molecular weight excluding hydrogens is 618 g/mol. The number of carbonyl (C=O) groups is 2. The number of ether oxygens (including phenoxy) is 3. The molecule has 1 aliphatic heterocycles. The Kier molecular flexibility index (Phi) is 11.2. The van der Waals surface area contributed by atoms with Crippen LogP contribution >= 0.6 is 11.6 Å². The summed E-state index contributed by atoms with van der Waals surface area (Å²) in [6.07, 6.45) is 3.90. The van der Waals surface area contributed by atoms with E-state index in [0.29, 0.717) is 27.7 Å². The van der Waals surface area contributed by atoms with E-state index in [-0.39, 0.29) is 37.1 Å². The monoisotopic (exact) mass is 661 g/mol. The average molecular weight is 662 g/mol. The number of benzene rings is 3. The Morgan fingerprint density at radius 3 is 2.53 bits per heavy atom. The third kappa shape index (κ3) is 8.16. The molecule has 3 aromatic carbocycles. The minimum absolute atomic E-state index is 0.0756. The summed E-state index contributed by atoms with van der Waals surface area (Å²) in [6.45, 7) is 7.73. The number of likely N-dealkylation sites (N-methyl/N-ethyl adjacent to an activating group) is 1. The lowest BCUT2D eigenvalue weighted by Crippen LogP contribution is -2.58. The van der Waals surface area contributed by atoms with Gasteiger partial charge in [0.05, 0.1) is 18.6 Å². The lowest BCUT2D eigenvalue weighted by atomic mass is 9.76. The molecule has 0 radical (unpaired) electrons. The second kappa shape index (κ2) is 15.3. The maximum absolute atomic E-state index is 14.3. The lowest BCUT2D eigenvalue weighted by Gasteiger charge is -2.49. The van der Waals surface area contributed by atoms with E-state index in [0.717, 1.165) is 36.8 Å². The van der Waals surface area contributed by atoms with Crippen molar-refractivity contribution in [3.8, 4) is 5.75 Å². The number of rotatable bonds is 13. The molecule has 2 N–H and O–H groups in total. The predicted octanol–water partition coefficient (Wildman–Crippen LogP) is 6.69. The molecule has 0 aromatic heterocycles. The molecule has 3 aromatic rings. The van der Waals surface area contributed by atoms with Crippen LogP contribution < -0.4 is 15.5 Å². The number of halogens is 1. The van der Waals surface area contributed by atoms with Crippen molar-refractivity contribution in [3.05, 3.63) is 112 Å². The average Bonchev–Trinajstić information content (AvgIpc) is 3.07. The van der Waals surface area contributed by atoms with Crippen LogP contribution in [0.15, 0.2) is 85.1 Å². The highest BCUT2D eigenvalue weighted by molar-refractivity contribution is 6.30. The number of hydrogen-bond acceptors (Lipinski definition) is 7. The van der Waals surface area contributed by atoms with E-state index in [1.807, 2.05) is 72.6 Å². The lowest BCUT2D eigenvalue weighted by molar-refractivity contribution is -0.174. The van der Waals surface area contributed by atoms with Gasteiger partial charge >= 0.3 is 0 Å². The Morgan fingerprint density at radius 2 is 1.79 bits per heavy atom. The van der Waals surface area contributed by atoms with Crippen molar-refractivity contribution in [1.29, 1.82) is 0 Å². The zero-order valence-corrected chi connectivity index (χ0v) is 28.2. The highest BCUT2D eigenvalue weighted by Gasteiger charge is 2.48. The first-order valence-corrected chi connectivity index (χ1v) is 16.4. The molecule has 1 fully saturated rings. The van der Waals surface area contributed by atoms with Gasteiger partial charge in [0.15, 0.2) is 0 Å². The first-order chi connectivity index (χ1) is 22.6. The summed E-state index contributed by atoms with van der Waals surface area (Å²) in [7, 11) is 3.50. The van der Waals surface area contributed by atoms with Crippen LogP contribution in [0.3, 0.4) is 0 Å². The van der Waals surface area contributed by atoms with Gasteiger partial charge in [-0.3, -0.25) is 14.4 Å². The van der Waals surface area contributed by atoms with Crippen LogP contribution in [0.2, 0.25) is 5.02 Å². The largest absolute Gasteiger partial charge is 0.486 e. The van der Waals surface area contributed by atoms with E-state index in [2.05, 4.69) is 17.4 Å². The molecule has 2 amide bonds. The summed E-state index contributed by atoms with van der Waals surface area (Å²) in [5.41, 5.74) is 5.54. The van der Waals surface area contributed by atoms with Gasteiger partial charge in [0.2, 0.25) is 5.79 Å². The van der Waals surface area contributed by atoms with Crippen molar-refractivity contribution in [1.82, 2.24) is 15.7 Å². The Morgan fingerprint density at radius 1 is 1.04 bits per heavy atom. The molecule has 0 spiro atoms. The topological polar surface area (TPSA) is 98.4 Å². The summed E-state index contributed by atoms with van der Waals surface area (Å²) in [5, 5.41) is 4.02. The van der Waals surface area contributed by atoms with E-state index < -0.39 is 17.7 Å². The maximum atomic E-state index is 14.3. The number of amides is 2. The summed E-state index contributed by atoms with van der Waals surface area (Å²) in [4.78, 5) is 36.2. The maximum Gasteiger partial charge on any atom is 0.255 e. The van der Waals surface area contributed by atoms with Crippen molar-refractivity contribution < 1.29 is 28.6 Å². The number of hydrogen-bond donors (Lipinski definition) is 2. The Hall–Kier alpha value is -3.89. The standard InChI is InChI=1S/C37H44ClN3O6/c1-24(47-37(2,3)44-5)22-45-28-12-10-11-25(21-28)23-46-40-35(42)33-29-13-6-7-14-30(29)36(43)41(32-16-9-8-15-31(32)39-4)34(33)26-17-19-27(38)20-18-26/h6-7,10-14,17-21,31-34,39H,1,8-9,15-16,22-23H2,2-5H3,(H,40,42)/t31-,32-,33+,34-/m0/s1. The zero-order valence-electron chi connectivity index (χ0n) is 27.5. The minimum Gasteiger partial charge on any atom is -0.486 e. The highest BCUT2D eigenvalue weighted by atomic mass is 35.5. The number of hydroxylamine groups is 1. The van der Waals surface area contributed by atoms with Gasteiger partial charge in [-0.1, -0.05) is 73.5 Å². The first-order valence-electron chi connectivity index (χ1n) is 16.0. The van der Waals surface area contributed by atoms with Crippen molar-refractivity contribution in [3.63, 3.8) is 0 Å². The number of fused-ring (bicyclic) bond motifs is 1. The molecule has 10 heteroatoms. The highest BCUT2D eigenvalue weighted by Crippen LogP contribution is 2.46. The molecule has 47 heavy (non-hydrogen) atoms. The third-order valence-electron chi connectivity index (χ3n) is 8.92. The fraction of sp³-hybridized carbons (Fsp3) is 0.405. The van der Waals surface area contributed by atoms with E-state index in [4.69, 9.17) is 30.6 Å². The zero-order chi connectivity index (χ0) is 33.6. The van der Waals surface area contributed by atoms with Gasteiger partial charge in [-0.25, -0.2) is 5.48 Å². The van der Waals surface area contributed by atoms with Crippen LogP contribution in [0.4, 0.5) is 0 Å². The van der Waals surface area contributed by atoms with Crippen molar-refractivity contribution in [2.45, 2.75) is 76.0 Å². The van der Waals surface area contributed by atoms with Gasteiger partial charge in [0.1, 0.15) is 18.1 Å². The summed E-state index contributed by atoms with van der Waals surface area (Å²) >= 11 is 6.28. The summed E-state index contributed by atoms with van der Waals surface area (Å²) in [6, 6.07) is 21.6. The molecule has 9 nitrogen and oxygen atoms in total. The molecule has 1 heterocycles. The fourth-order valence-corrected chi connectivity index (χ4v) is 6.68. The van der Waals surface area contributed by atoms with E-state index in [9.17, 15) is 9.59 Å². The van der Waals surface area contributed by atoms with Crippen LogP contribution in [0.5, 0.6) is 5.75 Å². The molecule has 0 bridgehead atoms.